The van der Waals surface area contributed by atoms with Crippen molar-refractivity contribution in [1.82, 2.24) is 9.97 Å². The quantitative estimate of drug-likeness (QED) is 0.661. The van der Waals surface area contributed by atoms with Crippen LogP contribution in [-0.4, -0.2) is 21.2 Å². The number of hydrogen-bond donors (Lipinski definition) is 3. The fourth-order valence-electron chi connectivity index (χ4n) is 1.38. The standard InChI is InChI=1S/C10H13N3O/c1-6(14)10(11)9-3-2-7-8(13-9)4-5-12-7/h2-6,10,12,14H,11H2,1H3/t6-,10-/m1/s1. The summed E-state index contributed by atoms with van der Waals surface area (Å²) in [7, 11) is 0. The third-order valence-electron chi connectivity index (χ3n) is 2.29. The van der Waals surface area contributed by atoms with Crippen LogP contribution in [0.2, 0.25) is 0 Å². The predicted octanol–water partition coefficient (Wildman–Crippen LogP) is 0.944. The van der Waals surface area contributed by atoms with Gasteiger partial charge in [0.05, 0.1) is 28.9 Å². The number of H-pyrrole nitrogens is 1. The smallest absolute Gasteiger partial charge is 0.0882 e. The number of aliphatic hydroxyl groups is 1. The molecule has 4 nitrogen and oxygen atoms in total. The minimum Gasteiger partial charge on any atom is -0.391 e. The summed E-state index contributed by atoms with van der Waals surface area (Å²) in [5.74, 6) is 0. The number of nitrogens with two attached hydrogens (primary N) is 1. The van der Waals surface area contributed by atoms with Crippen molar-refractivity contribution in [2.75, 3.05) is 0 Å². The van der Waals surface area contributed by atoms with E-state index in [0.29, 0.717) is 5.69 Å². The van der Waals surface area contributed by atoms with Gasteiger partial charge in [-0.3, -0.25) is 0 Å². The van der Waals surface area contributed by atoms with Crippen LogP contribution in [0.4, 0.5) is 0 Å². The summed E-state index contributed by atoms with van der Waals surface area (Å²) in [6.45, 7) is 1.66. The molecule has 0 saturated carbocycles. The Morgan fingerprint density at radius 3 is 2.93 bits per heavy atom. The van der Waals surface area contributed by atoms with Gasteiger partial charge in [-0.25, -0.2) is 4.98 Å². The molecule has 0 aliphatic rings. The highest BCUT2D eigenvalue weighted by Crippen LogP contribution is 2.16. The zero-order valence-electron chi connectivity index (χ0n) is 7.94. The highest BCUT2D eigenvalue weighted by molar-refractivity contribution is 5.74. The molecule has 4 N–H and O–H groups in total. The van der Waals surface area contributed by atoms with Gasteiger partial charge in [-0.05, 0) is 25.1 Å². The lowest BCUT2D eigenvalue weighted by Gasteiger charge is -2.13. The Hall–Kier alpha value is -1.39. The third kappa shape index (κ3) is 1.49. The molecule has 14 heavy (non-hydrogen) atoms. The van der Waals surface area contributed by atoms with Crippen molar-refractivity contribution in [3.8, 4) is 0 Å². The first-order chi connectivity index (χ1) is 6.68. The molecule has 0 unspecified atom stereocenters. The highest BCUT2D eigenvalue weighted by Gasteiger charge is 2.13. The number of nitrogens with one attached hydrogen (secondary N) is 1. The lowest BCUT2D eigenvalue weighted by Crippen LogP contribution is -2.24. The zero-order chi connectivity index (χ0) is 10.1. The molecule has 2 aromatic heterocycles. The Bertz CT molecular complexity index is 436. The Kier molecular flexibility index (Phi) is 2.23. The number of pyridine rings is 1. The van der Waals surface area contributed by atoms with Crippen LogP contribution in [0.15, 0.2) is 24.4 Å². The van der Waals surface area contributed by atoms with Crippen LogP contribution in [0.3, 0.4) is 0 Å². The van der Waals surface area contributed by atoms with Crippen molar-refractivity contribution in [3.05, 3.63) is 30.1 Å². The molecule has 4 heteroatoms. The molecule has 2 atom stereocenters. The topological polar surface area (TPSA) is 74.9 Å². The number of aliphatic hydroxyl groups excluding tert-OH is 1. The Morgan fingerprint density at radius 2 is 2.21 bits per heavy atom. The van der Waals surface area contributed by atoms with Crippen molar-refractivity contribution in [3.63, 3.8) is 0 Å². The lowest BCUT2D eigenvalue weighted by atomic mass is 10.1. The van der Waals surface area contributed by atoms with Gasteiger partial charge < -0.3 is 15.8 Å². The number of aromatic nitrogens is 2. The second-order valence-electron chi connectivity index (χ2n) is 3.41. The Morgan fingerprint density at radius 1 is 1.43 bits per heavy atom. The molecule has 0 radical (unpaired) electrons. The summed E-state index contributed by atoms with van der Waals surface area (Å²) < 4.78 is 0. The van der Waals surface area contributed by atoms with Crippen molar-refractivity contribution < 1.29 is 5.11 Å². The van der Waals surface area contributed by atoms with E-state index in [4.69, 9.17) is 5.73 Å². The van der Waals surface area contributed by atoms with E-state index in [1.54, 1.807) is 6.92 Å². The van der Waals surface area contributed by atoms with Crippen LogP contribution in [0.5, 0.6) is 0 Å². The normalized spacial score (nSPS) is 15.6. The molecular formula is C10H13N3O. The Balaban J connectivity index is 2.43. The fraction of sp³-hybridized carbons (Fsp3) is 0.300. The molecule has 0 aliphatic carbocycles. The second kappa shape index (κ2) is 3.40. The largest absolute Gasteiger partial charge is 0.391 e. The van der Waals surface area contributed by atoms with Gasteiger partial charge in [-0.15, -0.1) is 0 Å². The van der Waals surface area contributed by atoms with E-state index in [9.17, 15) is 5.11 Å². The zero-order valence-corrected chi connectivity index (χ0v) is 7.94. The van der Waals surface area contributed by atoms with E-state index >= 15 is 0 Å². The van der Waals surface area contributed by atoms with E-state index < -0.39 is 12.1 Å². The summed E-state index contributed by atoms with van der Waals surface area (Å²) in [4.78, 5) is 7.39. The minimum atomic E-state index is -0.584. The number of fused-ring (bicyclic) bond motifs is 1. The number of aromatic amines is 1. The second-order valence-corrected chi connectivity index (χ2v) is 3.41. The number of rotatable bonds is 2. The summed E-state index contributed by atoms with van der Waals surface area (Å²) in [5, 5.41) is 9.32. The first-order valence-electron chi connectivity index (χ1n) is 4.56. The summed E-state index contributed by atoms with van der Waals surface area (Å²) >= 11 is 0. The van der Waals surface area contributed by atoms with Crippen LogP contribution in [-0.2, 0) is 0 Å². The first kappa shape index (κ1) is 9.18. The maximum Gasteiger partial charge on any atom is 0.0882 e. The van der Waals surface area contributed by atoms with Gasteiger partial charge in [-0.2, -0.15) is 0 Å². The molecule has 0 aliphatic heterocycles. The van der Waals surface area contributed by atoms with Crippen molar-refractivity contribution in [1.29, 1.82) is 0 Å². The highest BCUT2D eigenvalue weighted by atomic mass is 16.3. The van der Waals surface area contributed by atoms with E-state index in [-0.39, 0.29) is 0 Å². The third-order valence-corrected chi connectivity index (χ3v) is 2.29. The van der Waals surface area contributed by atoms with Crippen LogP contribution in [0, 0.1) is 0 Å². The number of nitrogens with zero attached hydrogens (tertiary/aromatic N) is 1. The van der Waals surface area contributed by atoms with E-state index in [2.05, 4.69) is 9.97 Å². The van der Waals surface area contributed by atoms with Gasteiger partial charge >= 0.3 is 0 Å². The summed E-state index contributed by atoms with van der Waals surface area (Å²) in [6, 6.07) is 5.21. The first-order valence-corrected chi connectivity index (χ1v) is 4.56. The predicted molar refractivity (Wildman–Crippen MR) is 54.7 cm³/mol. The van der Waals surface area contributed by atoms with E-state index in [1.807, 2.05) is 24.4 Å². The van der Waals surface area contributed by atoms with Gasteiger partial charge in [0.2, 0.25) is 0 Å². The molecule has 0 saturated heterocycles. The summed E-state index contributed by atoms with van der Waals surface area (Å²) in [5.41, 5.74) is 8.34. The molecule has 0 aromatic carbocycles. The maximum absolute atomic E-state index is 9.32. The van der Waals surface area contributed by atoms with Gasteiger partial charge in [0.25, 0.3) is 0 Å². The van der Waals surface area contributed by atoms with E-state index in [0.717, 1.165) is 11.0 Å². The van der Waals surface area contributed by atoms with Crippen LogP contribution < -0.4 is 5.73 Å². The molecule has 2 heterocycles. The molecule has 0 bridgehead atoms. The molecule has 2 rings (SSSR count). The average Bonchev–Trinajstić information content (AvgIpc) is 2.62. The molecule has 2 aromatic rings. The van der Waals surface area contributed by atoms with Crippen molar-refractivity contribution in [2.24, 2.45) is 5.73 Å². The SMILES string of the molecule is C[C@@H](O)[C@@H](N)c1ccc2[nH]ccc2n1. The van der Waals surface area contributed by atoms with Gasteiger partial charge in [0.15, 0.2) is 0 Å². The molecular weight excluding hydrogens is 178 g/mol. The van der Waals surface area contributed by atoms with Gasteiger partial charge in [0.1, 0.15) is 0 Å². The molecule has 0 fully saturated rings. The van der Waals surface area contributed by atoms with Gasteiger partial charge in [0, 0.05) is 6.20 Å². The van der Waals surface area contributed by atoms with Crippen molar-refractivity contribution >= 4 is 11.0 Å². The molecule has 74 valence electrons. The lowest BCUT2D eigenvalue weighted by molar-refractivity contribution is 0.162. The minimum absolute atomic E-state index is 0.422. The molecule has 0 spiro atoms. The fourth-order valence-corrected chi connectivity index (χ4v) is 1.38. The van der Waals surface area contributed by atoms with Crippen LogP contribution in [0.1, 0.15) is 18.7 Å². The maximum atomic E-state index is 9.32. The van der Waals surface area contributed by atoms with Crippen LogP contribution >= 0.6 is 0 Å². The summed E-state index contributed by atoms with van der Waals surface area (Å²) in [6.07, 6.45) is 1.24. The average molecular weight is 191 g/mol. The van der Waals surface area contributed by atoms with Crippen LogP contribution in [0.25, 0.3) is 11.0 Å². The van der Waals surface area contributed by atoms with Crippen molar-refractivity contribution in [2.45, 2.75) is 19.1 Å². The molecule has 0 amide bonds. The van der Waals surface area contributed by atoms with E-state index in [1.165, 1.54) is 0 Å². The monoisotopic (exact) mass is 191 g/mol. The van der Waals surface area contributed by atoms with Gasteiger partial charge in [-0.1, -0.05) is 0 Å². The number of hydrogen-bond acceptors (Lipinski definition) is 3. The Labute approximate surface area is 81.8 Å².